The first kappa shape index (κ1) is 17.4. The Morgan fingerprint density at radius 2 is 1.63 bits per heavy atom. The molecule has 1 unspecified atom stereocenters. The van der Waals surface area contributed by atoms with Gasteiger partial charge in [-0.3, -0.25) is 19.6 Å². The molecule has 1 N–H and O–H groups in total. The Morgan fingerprint density at radius 3 is 2.26 bits per heavy atom. The summed E-state index contributed by atoms with van der Waals surface area (Å²) in [6.07, 6.45) is 5.19. The third-order valence-corrected chi connectivity index (χ3v) is 5.44. The summed E-state index contributed by atoms with van der Waals surface area (Å²) < 4.78 is 25.0. The minimum atomic E-state index is -1.01. The molecular formula is C21H18FN3OS. The molecule has 4 rings (SSSR count). The van der Waals surface area contributed by atoms with Crippen LogP contribution in [-0.4, -0.2) is 22.0 Å². The summed E-state index contributed by atoms with van der Waals surface area (Å²) in [5.41, 5.74) is 8.41. The lowest BCUT2D eigenvalue weighted by atomic mass is 10.0. The fourth-order valence-electron chi connectivity index (χ4n) is 3.10. The van der Waals surface area contributed by atoms with Crippen molar-refractivity contribution in [1.29, 1.82) is 0 Å². The third kappa shape index (κ3) is 3.61. The molecule has 27 heavy (non-hydrogen) atoms. The number of halogens is 1. The van der Waals surface area contributed by atoms with Gasteiger partial charge in [0.25, 0.3) is 0 Å². The molecule has 1 aliphatic heterocycles. The first-order valence-electron chi connectivity index (χ1n) is 8.49. The predicted molar refractivity (Wildman–Crippen MR) is 107 cm³/mol. The van der Waals surface area contributed by atoms with Gasteiger partial charge < -0.3 is 0 Å². The van der Waals surface area contributed by atoms with E-state index in [9.17, 15) is 8.60 Å². The van der Waals surface area contributed by atoms with E-state index in [1.807, 2.05) is 41.4 Å². The maximum atomic E-state index is 13.4. The molecule has 0 fully saturated rings. The smallest absolute Gasteiger partial charge is 0.123 e. The minimum absolute atomic E-state index is 0.261. The van der Waals surface area contributed by atoms with E-state index in [0.717, 1.165) is 33.0 Å². The van der Waals surface area contributed by atoms with Crippen LogP contribution in [0.1, 0.15) is 11.1 Å². The number of benzene rings is 2. The Morgan fingerprint density at radius 1 is 0.963 bits per heavy atom. The Labute approximate surface area is 159 Å². The second-order valence-electron chi connectivity index (χ2n) is 6.24. The van der Waals surface area contributed by atoms with Gasteiger partial charge in [-0.05, 0) is 71.8 Å². The number of rotatable bonds is 4. The molecule has 4 nitrogen and oxygen atoms in total. The number of aromatic nitrogens is 1. The summed E-state index contributed by atoms with van der Waals surface area (Å²) in [7, 11) is -1.01. The van der Waals surface area contributed by atoms with Crippen molar-refractivity contribution in [2.24, 2.45) is 0 Å². The second kappa shape index (κ2) is 7.32. The average Bonchev–Trinajstić information content (AvgIpc) is 3.15. The van der Waals surface area contributed by atoms with E-state index >= 15 is 0 Å². The van der Waals surface area contributed by atoms with Crippen LogP contribution in [0.25, 0.3) is 11.3 Å². The summed E-state index contributed by atoms with van der Waals surface area (Å²) in [6.45, 7) is 0.644. The van der Waals surface area contributed by atoms with Gasteiger partial charge in [0.2, 0.25) is 0 Å². The molecule has 1 aromatic heterocycles. The highest BCUT2D eigenvalue weighted by molar-refractivity contribution is 7.84. The lowest BCUT2D eigenvalue weighted by Crippen LogP contribution is -2.31. The molecule has 2 heterocycles. The number of hydrazine groups is 1. The van der Waals surface area contributed by atoms with Gasteiger partial charge in [-0.25, -0.2) is 4.39 Å². The van der Waals surface area contributed by atoms with Crippen LogP contribution in [0.5, 0.6) is 0 Å². The summed E-state index contributed by atoms with van der Waals surface area (Å²) in [6, 6.07) is 18.0. The Kier molecular flexibility index (Phi) is 4.73. The van der Waals surface area contributed by atoms with E-state index in [1.54, 1.807) is 30.8 Å². The van der Waals surface area contributed by atoms with Gasteiger partial charge in [0, 0.05) is 39.9 Å². The summed E-state index contributed by atoms with van der Waals surface area (Å²) in [4.78, 5) is 4.89. The van der Waals surface area contributed by atoms with Crippen LogP contribution < -0.4 is 10.4 Å². The Bertz CT molecular complexity index is 1000. The van der Waals surface area contributed by atoms with Gasteiger partial charge >= 0.3 is 0 Å². The summed E-state index contributed by atoms with van der Waals surface area (Å²) in [5.74, 6) is -0.261. The van der Waals surface area contributed by atoms with Gasteiger partial charge in [0.1, 0.15) is 5.82 Å². The second-order valence-corrected chi connectivity index (χ2v) is 7.62. The van der Waals surface area contributed by atoms with Crippen molar-refractivity contribution in [3.05, 3.63) is 90.0 Å². The van der Waals surface area contributed by atoms with Gasteiger partial charge in [0.05, 0.1) is 17.9 Å². The minimum Gasteiger partial charge on any atom is -0.297 e. The molecule has 0 spiro atoms. The van der Waals surface area contributed by atoms with Gasteiger partial charge in [-0.15, -0.1) is 0 Å². The molecule has 0 radical (unpaired) electrons. The number of anilines is 1. The number of nitrogens with one attached hydrogen (secondary N) is 1. The Hall–Kier alpha value is -2.99. The van der Waals surface area contributed by atoms with Crippen LogP contribution in [0.4, 0.5) is 10.1 Å². The van der Waals surface area contributed by atoms with Gasteiger partial charge in [0.15, 0.2) is 0 Å². The number of hydrogen-bond acceptors (Lipinski definition) is 4. The van der Waals surface area contributed by atoms with Crippen molar-refractivity contribution in [1.82, 2.24) is 10.4 Å². The van der Waals surface area contributed by atoms with E-state index < -0.39 is 10.8 Å². The monoisotopic (exact) mass is 379 g/mol. The number of pyridine rings is 1. The highest BCUT2D eigenvalue weighted by atomic mass is 32.2. The average molecular weight is 379 g/mol. The van der Waals surface area contributed by atoms with Gasteiger partial charge in [-0.2, -0.15) is 0 Å². The summed E-state index contributed by atoms with van der Waals surface area (Å²) in [5, 5.41) is 2.02. The molecule has 136 valence electrons. The highest BCUT2D eigenvalue weighted by Gasteiger charge is 2.24. The maximum Gasteiger partial charge on any atom is 0.123 e. The van der Waals surface area contributed by atoms with E-state index in [0.29, 0.717) is 6.54 Å². The standard InChI is InChI=1S/C21H18FN3OS/c1-27(26)19-8-6-18(7-9-19)25-14-20(15-10-12-23-13-11-15)21(24-25)16-2-4-17(22)5-3-16/h2-13,24H,14H2,1H3. The first-order chi connectivity index (χ1) is 13.1. The molecule has 0 saturated carbocycles. The zero-order valence-electron chi connectivity index (χ0n) is 14.7. The molecule has 2 aromatic carbocycles. The largest absolute Gasteiger partial charge is 0.297 e. The molecule has 1 aliphatic rings. The molecule has 6 heteroatoms. The predicted octanol–water partition coefficient (Wildman–Crippen LogP) is 3.85. The van der Waals surface area contributed by atoms with E-state index in [2.05, 4.69) is 10.4 Å². The number of nitrogens with zero attached hydrogens (tertiary/aromatic N) is 2. The summed E-state index contributed by atoms with van der Waals surface area (Å²) >= 11 is 0. The normalized spacial score (nSPS) is 15.0. The van der Waals surface area contributed by atoms with Crippen molar-refractivity contribution in [2.45, 2.75) is 4.90 Å². The quantitative estimate of drug-likeness (QED) is 0.748. The van der Waals surface area contributed by atoms with Crippen LogP contribution in [-0.2, 0) is 10.8 Å². The van der Waals surface area contributed by atoms with E-state index in [1.165, 1.54) is 12.1 Å². The zero-order chi connectivity index (χ0) is 18.8. The maximum absolute atomic E-state index is 13.4. The fraction of sp³-hybridized carbons (Fsp3) is 0.0952. The molecule has 0 bridgehead atoms. The first-order valence-corrected chi connectivity index (χ1v) is 10.0. The molecular weight excluding hydrogens is 361 g/mol. The zero-order valence-corrected chi connectivity index (χ0v) is 15.5. The SMILES string of the molecule is CS(=O)c1ccc(N2CC(c3ccncc3)=C(c3ccc(F)cc3)N2)cc1. The topological polar surface area (TPSA) is 45.2 Å². The molecule has 0 aliphatic carbocycles. The lowest BCUT2D eigenvalue weighted by molar-refractivity contribution is 0.627. The van der Waals surface area contributed by atoms with Crippen LogP contribution >= 0.6 is 0 Å². The molecule has 1 atom stereocenters. The van der Waals surface area contributed by atoms with E-state index in [-0.39, 0.29) is 5.82 Å². The van der Waals surface area contributed by atoms with Crippen molar-refractivity contribution < 1.29 is 8.60 Å². The highest BCUT2D eigenvalue weighted by Crippen LogP contribution is 2.32. The van der Waals surface area contributed by atoms with Crippen LogP contribution in [0, 0.1) is 5.82 Å². The Balaban J connectivity index is 1.70. The third-order valence-electron chi connectivity index (χ3n) is 4.51. The van der Waals surface area contributed by atoms with Crippen LogP contribution in [0.3, 0.4) is 0 Å². The number of hydrogen-bond donors (Lipinski definition) is 1. The molecule has 0 saturated heterocycles. The van der Waals surface area contributed by atoms with Crippen molar-refractivity contribution in [3.8, 4) is 0 Å². The van der Waals surface area contributed by atoms with E-state index in [4.69, 9.17) is 0 Å². The van der Waals surface area contributed by atoms with Crippen LogP contribution in [0.2, 0.25) is 0 Å². The van der Waals surface area contributed by atoms with Crippen molar-refractivity contribution >= 4 is 27.8 Å². The fourth-order valence-corrected chi connectivity index (χ4v) is 3.62. The van der Waals surface area contributed by atoms with Crippen molar-refractivity contribution in [3.63, 3.8) is 0 Å². The molecule has 0 amide bonds. The van der Waals surface area contributed by atoms with Gasteiger partial charge in [-0.1, -0.05) is 0 Å². The molecule has 3 aromatic rings. The lowest BCUT2D eigenvalue weighted by Gasteiger charge is -2.20. The van der Waals surface area contributed by atoms with Crippen LogP contribution in [0.15, 0.2) is 78.0 Å². The van der Waals surface area contributed by atoms with Crippen molar-refractivity contribution in [2.75, 3.05) is 17.8 Å².